The minimum Gasteiger partial charge on any atom is -0.351 e. The number of amides is 2. The van der Waals surface area contributed by atoms with E-state index < -0.39 is 23.7 Å². The summed E-state index contributed by atoms with van der Waals surface area (Å²) in [6.45, 7) is 3.33. The lowest BCUT2D eigenvalue weighted by molar-refractivity contribution is -0.138. The van der Waals surface area contributed by atoms with Crippen molar-refractivity contribution >= 4 is 23.4 Å². The molecule has 0 spiro atoms. The lowest BCUT2D eigenvalue weighted by Gasteiger charge is -2.37. The first-order chi connectivity index (χ1) is 14.7. The van der Waals surface area contributed by atoms with Crippen molar-refractivity contribution in [1.82, 2.24) is 15.1 Å². The van der Waals surface area contributed by atoms with Gasteiger partial charge in [0.05, 0.1) is 17.2 Å². The normalized spacial score (nSPS) is 16.1. The van der Waals surface area contributed by atoms with Crippen LogP contribution in [-0.4, -0.2) is 53.8 Å². The molecule has 1 heterocycles. The van der Waals surface area contributed by atoms with E-state index in [9.17, 15) is 22.8 Å². The van der Waals surface area contributed by atoms with Gasteiger partial charge in [-0.3, -0.25) is 14.5 Å². The number of carbonyl (C=O) groups excluding carboxylic acids is 2. The molecule has 2 aromatic rings. The lowest BCUT2D eigenvalue weighted by Crippen LogP contribution is -2.55. The molecule has 1 N–H and O–H groups in total. The molecule has 0 aliphatic carbocycles. The summed E-state index contributed by atoms with van der Waals surface area (Å²) in [6.07, 6.45) is -4.59. The van der Waals surface area contributed by atoms with Crippen LogP contribution in [0, 0.1) is 0 Å². The van der Waals surface area contributed by atoms with E-state index in [0.717, 1.165) is 11.6 Å². The van der Waals surface area contributed by atoms with Crippen LogP contribution >= 0.6 is 11.6 Å². The summed E-state index contributed by atoms with van der Waals surface area (Å²) in [5.41, 5.74) is -0.479. The number of benzene rings is 2. The Hall–Kier alpha value is -2.58. The van der Waals surface area contributed by atoms with E-state index in [1.54, 1.807) is 13.0 Å². The van der Waals surface area contributed by atoms with E-state index in [1.165, 1.54) is 23.1 Å². The Morgan fingerprint density at radius 2 is 1.65 bits per heavy atom. The first-order valence-electron chi connectivity index (χ1n) is 9.89. The Morgan fingerprint density at radius 3 is 2.29 bits per heavy atom. The van der Waals surface area contributed by atoms with Crippen LogP contribution in [0.4, 0.5) is 13.2 Å². The summed E-state index contributed by atoms with van der Waals surface area (Å²) in [5.74, 6) is -0.828. The maximum absolute atomic E-state index is 13.2. The van der Waals surface area contributed by atoms with E-state index in [0.29, 0.717) is 24.7 Å². The molecule has 1 fully saturated rings. The number of nitrogens with zero attached hydrogens (tertiary/aromatic N) is 2. The van der Waals surface area contributed by atoms with Crippen LogP contribution in [0.5, 0.6) is 0 Å². The van der Waals surface area contributed by atoms with Crippen LogP contribution < -0.4 is 5.32 Å². The predicted molar refractivity (Wildman–Crippen MR) is 112 cm³/mol. The molecular formula is C22H23ClF3N3O2. The number of carbonyl (C=O) groups is 2. The highest BCUT2D eigenvalue weighted by Gasteiger charge is 2.36. The number of hydrogen-bond donors (Lipinski definition) is 1. The molecule has 0 bridgehead atoms. The van der Waals surface area contributed by atoms with Gasteiger partial charge in [-0.15, -0.1) is 0 Å². The van der Waals surface area contributed by atoms with Gasteiger partial charge in [0, 0.05) is 37.7 Å². The number of nitrogens with one attached hydrogen (secondary N) is 1. The second kappa shape index (κ2) is 9.70. The van der Waals surface area contributed by atoms with Crippen molar-refractivity contribution in [3.05, 3.63) is 70.2 Å². The zero-order valence-corrected chi connectivity index (χ0v) is 17.7. The van der Waals surface area contributed by atoms with Crippen LogP contribution in [0.3, 0.4) is 0 Å². The molecule has 1 unspecified atom stereocenters. The number of halogens is 4. The zero-order chi connectivity index (χ0) is 22.6. The third-order valence-electron chi connectivity index (χ3n) is 5.40. The van der Waals surface area contributed by atoms with Gasteiger partial charge in [0.25, 0.3) is 5.91 Å². The summed E-state index contributed by atoms with van der Waals surface area (Å²) in [5, 5.41) is 3.42. The molecule has 0 aromatic heterocycles. The largest absolute Gasteiger partial charge is 0.417 e. The van der Waals surface area contributed by atoms with Gasteiger partial charge < -0.3 is 10.2 Å². The van der Waals surface area contributed by atoms with E-state index in [2.05, 4.69) is 5.32 Å². The summed E-state index contributed by atoms with van der Waals surface area (Å²) >= 11 is 6.10. The molecule has 2 aromatic carbocycles. The van der Waals surface area contributed by atoms with Crippen molar-refractivity contribution in [2.75, 3.05) is 26.2 Å². The van der Waals surface area contributed by atoms with Gasteiger partial charge in [-0.05, 0) is 30.7 Å². The molecule has 2 amide bonds. The maximum atomic E-state index is 13.2. The van der Waals surface area contributed by atoms with Crippen molar-refractivity contribution < 1.29 is 22.8 Å². The number of rotatable bonds is 5. The summed E-state index contributed by atoms with van der Waals surface area (Å²) in [4.78, 5) is 28.5. The Bertz CT molecular complexity index is 944. The minimum atomic E-state index is -4.59. The van der Waals surface area contributed by atoms with Crippen molar-refractivity contribution in [2.45, 2.75) is 25.7 Å². The van der Waals surface area contributed by atoms with E-state index >= 15 is 0 Å². The summed E-state index contributed by atoms with van der Waals surface area (Å²) in [7, 11) is 0. The zero-order valence-electron chi connectivity index (χ0n) is 17.0. The fourth-order valence-electron chi connectivity index (χ4n) is 3.54. The smallest absolute Gasteiger partial charge is 0.351 e. The van der Waals surface area contributed by atoms with E-state index in [-0.39, 0.29) is 24.6 Å². The second-order valence-corrected chi connectivity index (χ2v) is 7.76. The molecule has 3 rings (SSSR count). The third-order valence-corrected chi connectivity index (χ3v) is 5.77. The van der Waals surface area contributed by atoms with Gasteiger partial charge in [0.15, 0.2) is 0 Å². The summed E-state index contributed by atoms with van der Waals surface area (Å²) < 4.78 is 39.7. The molecule has 1 aliphatic rings. The molecule has 0 saturated carbocycles. The molecule has 0 radical (unpaired) electrons. The molecule has 1 aliphatic heterocycles. The monoisotopic (exact) mass is 453 g/mol. The maximum Gasteiger partial charge on any atom is 0.417 e. The van der Waals surface area contributed by atoms with Crippen LogP contribution in [0.2, 0.25) is 5.02 Å². The van der Waals surface area contributed by atoms with Gasteiger partial charge in [-0.1, -0.05) is 41.9 Å². The highest BCUT2D eigenvalue weighted by atomic mass is 35.5. The SMILES string of the molecule is CC(C(=O)NCc1ccccc1Cl)N1CCN(C(=O)c2ccccc2C(F)(F)F)CC1. The fraction of sp³-hybridized carbons (Fsp3) is 0.364. The fourth-order valence-corrected chi connectivity index (χ4v) is 3.74. The van der Waals surface area contributed by atoms with E-state index in [4.69, 9.17) is 11.6 Å². The van der Waals surface area contributed by atoms with Crippen molar-refractivity contribution in [2.24, 2.45) is 0 Å². The predicted octanol–water partition coefficient (Wildman–Crippen LogP) is 3.82. The second-order valence-electron chi connectivity index (χ2n) is 7.36. The van der Waals surface area contributed by atoms with Gasteiger partial charge >= 0.3 is 6.18 Å². The van der Waals surface area contributed by atoms with Crippen LogP contribution in [0.1, 0.15) is 28.4 Å². The first kappa shape index (κ1) is 23.1. The Balaban J connectivity index is 1.56. The van der Waals surface area contributed by atoms with Gasteiger partial charge in [0.1, 0.15) is 0 Å². The number of alkyl halides is 3. The average molecular weight is 454 g/mol. The summed E-state index contributed by atoms with van der Waals surface area (Å²) in [6, 6.07) is 11.6. The van der Waals surface area contributed by atoms with Crippen LogP contribution in [0.25, 0.3) is 0 Å². The number of piperazine rings is 1. The van der Waals surface area contributed by atoms with Crippen molar-refractivity contribution in [3.8, 4) is 0 Å². The van der Waals surface area contributed by atoms with Gasteiger partial charge in [-0.2, -0.15) is 13.2 Å². The van der Waals surface area contributed by atoms with E-state index in [1.807, 2.05) is 23.1 Å². The third kappa shape index (κ3) is 5.57. The quantitative estimate of drug-likeness (QED) is 0.748. The van der Waals surface area contributed by atoms with Crippen LogP contribution in [0.15, 0.2) is 48.5 Å². The molecule has 5 nitrogen and oxygen atoms in total. The molecule has 1 atom stereocenters. The van der Waals surface area contributed by atoms with Gasteiger partial charge in [0.2, 0.25) is 5.91 Å². The Labute approximate surface area is 183 Å². The molecule has 31 heavy (non-hydrogen) atoms. The van der Waals surface area contributed by atoms with Crippen LogP contribution in [-0.2, 0) is 17.5 Å². The topological polar surface area (TPSA) is 52.7 Å². The standard InChI is InChI=1S/C22H23ClF3N3O2/c1-15(20(30)27-14-16-6-2-5-9-19(16)23)28-10-12-29(13-11-28)21(31)17-7-3-4-8-18(17)22(24,25)26/h2-9,15H,10-14H2,1H3,(H,27,30). The highest BCUT2D eigenvalue weighted by molar-refractivity contribution is 6.31. The molecule has 1 saturated heterocycles. The Kier molecular flexibility index (Phi) is 7.23. The van der Waals surface area contributed by atoms with Crippen molar-refractivity contribution in [1.29, 1.82) is 0 Å². The molecular weight excluding hydrogens is 431 g/mol. The molecule has 9 heteroatoms. The van der Waals surface area contributed by atoms with Crippen molar-refractivity contribution in [3.63, 3.8) is 0 Å². The van der Waals surface area contributed by atoms with Gasteiger partial charge in [-0.25, -0.2) is 0 Å². The average Bonchev–Trinajstić information content (AvgIpc) is 2.77. The highest BCUT2D eigenvalue weighted by Crippen LogP contribution is 2.32. The minimum absolute atomic E-state index is 0.179. The Morgan fingerprint density at radius 1 is 1.03 bits per heavy atom. The first-order valence-corrected chi connectivity index (χ1v) is 10.3. The number of hydrogen-bond acceptors (Lipinski definition) is 3. The lowest BCUT2D eigenvalue weighted by atomic mass is 10.1. The molecule has 166 valence electrons.